The molecular formula is C16H16BrN3O4S. The third-order valence-electron chi connectivity index (χ3n) is 3.90. The Labute approximate surface area is 153 Å². The van der Waals surface area contributed by atoms with E-state index in [1.807, 2.05) is 24.3 Å². The molecule has 1 fully saturated rings. The van der Waals surface area contributed by atoms with Crippen molar-refractivity contribution in [1.29, 1.82) is 0 Å². The zero-order valence-electron chi connectivity index (χ0n) is 13.2. The summed E-state index contributed by atoms with van der Waals surface area (Å²) in [4.78, 5) is 24.1. The van der Waals surface area contributed by atoms with Crippen LogP contribution in [0.4, 0.5) is 0 Å². The van der Waals surface area contributed by atoms with Crippen LogP contribution in [0, 0.1) is 0 Å². The maximum Gasteiger partial charge on any atom is 0.267 e. The molecule has 1 aromatic carbocycles. The molecule has 25 heavy (non-hydrogen) atoms. The highest BCUT2D eigenvalue weighted by Gasteiger charge is 2.28. The molecule has 0 bridgehead atoms. The SMILES string of the molecule is O=C(Cn1nc(-c2ccc(Br)cc2)ccc1=O)N[C@H]1CCS(=O)(=O)C1. The zero-order chi connectivity index (χ0) is 18.0. The van der Waals surface area contributed by atoms with Gasteiger partial charge in [0.1, 0.15) is 6.54 Å². The lowest BCUT2D eigenvalue weighted by atomic mass is 10.1. The second-order valence-electron chi connectivity index (χ2n) is 5.89. The van der Waals surface area contributed by atoms with E-state index in [1.165, 1.54) is 6.07 Å². The van der Waals surface area contributed by atoms with E-state index in [9.17, 15) is 18.0 Å². The Bertz CT molecular complexity index is 954. The van der Waals surface area contributed by atoms with E-state index in [2.05, 4.69) is 26.3 Å². The fourth-order valence-corrected chi connectivity index (χ4v) is 4.59. The number of rotatable bonds is 4. The minimum Gasteiger partial charge on any atom is -0.351 e. The van der Waals surface area contributed by atoms with Gasteiger partial charge in [-0.1, -0.05) is 28.1 Å². The molecule has 9 heteroatoms. The Morgan fingerprint density at radius 3 is 2.60 bits per heavy atom. The summed E-state index contributed by atoms with van der Waals surface area (Å²) < 4.78 is 24.9. The number of nitrogens with one attached hydrogen (secondary N) is 1. The largest absolute Gasteiger partial charge is 0.351 e. The molecule has 0 unspecified atom stereocenters. The molecular weight excluding hydrogens is 410 g/mol. The van der Waals surface area contributed by atoms with Crippen molar-refractivity contribution in [2.24, 2.45) is 0 Å². The monoisotopic (exact) mass is 425 g/mol. The first-order valence-corrected chi connectivity index (χ1v) is 10.3. The van der Waals surface area contributed by atoms with Gasteiger partial charge < -0.3 is 5.32 Å². The van der Waals surface area contributed by atoms with Gasteiger partial charge in [-0.15, -0.1) is 0 Å². The first kappa shape index (κ1) is 17.8. The summed E-state index contributed by atoms with van der Waals surface area (Å²) in [7, 11) is -3.07. The van der Waals surface area contributed by atoms with E-state index in [1.54, 1.807) is 6.07 Å². The molecule has 7 nitrogen and oxygen atoms in total. The minimum atomic E-state index is -3.07. The highest BCUT2D eigenvalue weighted by Crippen LogP contribution is 2.18. The van der Waals surface area contributed by atoms with Gasteiger partial charge in [-0.25, -0.2) is 13.1 Å². The summed E-state index contributed by atoms with van der Waals surface area (Å²) in [5.74, 6) is -0.403. The van der Waals surface area contributed by atoms with Crippen LogP contribution in [0.25, 0.3) is 11.3 Å². The number of sulfone groups is 1. The van der Waals surface area contributed by atoms with E-state index >= 15 is 0 Å². The van der Waals surface area contributed by atoms with Crippen LogP contribution in [0.5, 0.6) is 0 Å². The molecule has 1 aliphatic rings. The number of carbonyl (C=O) groups excluding carboxylic acids is 1. The van der Waals surface area contributed by atoms with E-state index in [0.29, 0.717) is 12.1 Å². The molecule has 2 heterocycles. The molecule has 0 radical (unpaired) electrons. The molecule has 0 spiro atoms. The van der Waals surface area contributed by atoms with Crippen molar-refractivity contribution in [3.05, 3.63) is 51.2 Å². The van der Waals surface area contributed by atoms with Crippen molar-refractivity contribution in [2.45, 2.75) is 19.0 Å². The van der Waals surface area contributed by atoms with Gasteiger partial charge in [-0.05, 0) is 24.6 Å². The fraction of sp³-hybridized carbons (Fsp3) is 0.312. The third kappa shape index (κ3) is 4.55. The summed E-state index contributed by atoms with van der Waals surface area (Å²) in [6.45, 7) is -0.250. The predicted molar refractivity (Wildman–Crippen MR) is 96.8 cm³/mol. The van der Waals surface area contributed by atoms with E-state index in [-0.39, 0.29) is 18.1 Å². The fourth-order valence-electron chi connectivity index (χ4n) is 2.65. The molecule has 1 atom stereocenters. The molecule has 1 N–H and O–H groups in total. The maximum absolute atomic E-state index is 12.1. The van der Waals surface area contributed by atoms with Gasteiger partial charge in [0.25, 0.3) is 5.56 Å². The van der Waals surface area contributed by atoms with E-state index in [4.69, 9.17) is 0 Å². The van der Waals surface area contributed by atoms with Gasteiger partial charge in [-0.2, -0.15) is 5.10 Å². The Morgan fingerprint density at radius 1 is 1.24 bits per heavy atom. The van der Waals surface area contributed by atoms with Gasteiger partial charge in [0.2, 0.25) is 5.91 Å². The minimum absolute atomic E-state index is 0.0556. The Morgan fingerprint density at radius 2 is 1.96 bits per heavy atom. The predicted octanol–water partition coefficient (Wildman–Crippen LogP) is 0.976. The van der Waals surface area contributed by atoms with Crippen molar-refractivity contribution in [3.63, 3.8) is 0 Å². The summed E-state index contributed by atoms with van der Waals surface area (Å²) in [6.07, 6.45) is 0.398. The molecule has 0 aliphatic carbocycles. The molecule has 1 amide bonds. The van der Waals surface area contributed by atoms with Crippen molar-refractivity contribution < 1.29 is 13.2 Å². The maximum atomic E-state index is 12.1. The summed E-state index contributed by atoms with van der Waals surface area (Å²) in [5.41, 5.74) is 0.998. The molecule has 132 valence electrons. The van der Waals surface area contributed by atoms with Crippen LogP contribution in [-0.2, 0) is 21.2 Å². The van der Waals surface area contributed by atoms with Crippen LogP contribution >= 0.6 is 15.9 Å². The summed E-state index contributed by atoms with van der Waals surface area (Å²) in [5, 5.41) is 6.88. The molecule has 1 aromatic heterocycles. The zero-order valence-corrected chi connectivity index (χ0v) is 15.6. The average Bonchev–Trinajstić information content (AvgIpc) is 2.89. The van der Waals surface area contributed by atoms with Crippen LogP contribution in [0.3, 0.4) is 0 Å². The van der Waals surface area contributed by atoms with Crippen LogP contribution in [-0.4, -0.2) is 41.7 Å². The van der Waals surface area contributed by atoms with E-state index < -0.39 is 27.3 Å². The summed E-state index contributed by atoms with van der Waals surface area (Å²) in [6, 6.07) is 9.98. The highest BCUT2D eigenvalue weighted by atomic mass is 79.9. The van der Waals surface area contributed by atoms with Gasteiger partial charge in [-0.3, -0.25) is 9.59 Å². The van der Waals surface area contributed by atoms with Gasteiger partial charge >= 0.3 is 0 Å². The lowest BCUT2D eigenvalue weighted by Gasteiger charge is -2.12. The topological polar surface area (TPSA) is 98.1 Å². The number of hydrogen-bond donors (Lipinski definition) is 1. The molecule has 1 aliphatic heterocycles. The number of carbonyl (C=O) groups is 1. The van der Waals surface area contributed by atoms with Crippen LogP contribution in [0.1, 0.15) is 6.42 Å². The first-order chi connectivity index (χ1) is 11.8. The second-order valence-corrected chi connectivity index (χ2v) is 9.03. The quantitative estimate of drug-likeness (QED) is 0.786. The van der Waals surface area contributed by atoms with E-state index in [0.717, 1.165) is 14.7 Å². The van der Waals surface area contributed by atoms with Gasteiger partial charge in [0, 0.05) is 22.1 Å². The third-order valence-corrected chi connectivity index (χ3v) is 6.19. The molecule has 1 saturated heterocycles. The average molecular weight is 426 g/mol. The number of halogens is 1. The summed E-state index contributed by atoms with van der Waals surface area (Å²) >= 11 is 3.35. The van der Waals surface area contributed by atoms with Crippen LogP contribution in [0.15, 0.2) is 45.7 Å². The standard InChI is InChI=1S/C16H16BrN3O4S/c17-12-3-1-11(2-4-12)14-5-6-16(22)20(19-14)9-15(21)18-13-7-8-25(23,24)10-13/h1-6,13H,7-10H2,(H,18,21)/t13-/m0/s1. The lowest BCUT2D eigenvalue weighted by Crippen LogP contribution is -2.40. The number of benzene rings is 1. The van der Waals surface area contributed by atoms with Crippen molar-refractivity contribution in [3.8, 4) is 11.3 Å². The smallest absolute Gasteiger partial charge is 0.267 e. The molecule has 2 aromatic rings. The van der Waals surface area contributed by atoms with Crippen LogP contribution < -0.4 is 10.9 Å². The number of amides is 1. The highest BCUT2D eigenvalue weighted by molar-refractivity contribution is 9.10. The van der Waals surface area contributed by atoms with Crippen LogP contribution in [0.2, 0.25) is 0 Å². The Kier molecular flexibility index (Phi) is 5.05. The number of nitrogens with zero attached hydrogens (tertiary/aromatic N) is 2. The lowest BCUT2D eigenvalue weighted by molar-refractivity contribution is -0.122. The van der Waals surface area contributed by atoms with Crippen molar-refractivity contribution in [1.82, 2.24) is 15.1 Å². The first-order valence-electron chi connectivity index (χ1n) is 7.66. The van der Waals surface area contributed by atoms with Crippen molar-refractivity contribution >= 4 is 31.7 Å². The number of hydrogen-bond acceptors (Lipinski definition) is 5. The normalized spacial score (nSPS) is 18.8. The van der Waals surface area contributed by atoms with Crippen molar-refractivity contribution in [2.75, 3.05) is 11.5 Å². The Hall–Kier alpha value is -2.00. The number of aromatic nitrogens is 2. The molecule has 0 saturated carbocycles. The Balaban J connectivity index is 1.73. The second kappa shape index (κ2) is 7.09. The molecule has 3 rings (SSSR count). The van der Waals surface area contributed by atoms with Gasteiger partial charge in [0.15, 0.2) is 9.84 Å². The van der Waals surface area contributed by atoms with Gasteiger partial charge in [0.05, 0.1) is 17.2 Å².